The lowest BCUT2D eigenvalue weighted by atomic mass is 10.0. The Morgan fingerprint density at radius 3 is 1.18 bits per heavy atom. The molecule has 0 aliphatic carbocycles. The van der Waals surface area contributed by atoms with Gasteiger partial charge in [-0.15, -0.1) is 0 Å². The van der Waals surface area contributed by atoms with Crippen LogP contribution in [0, 0.1) is 0 Å². The fraction of sp³-hybridized carbons (Fsp3) is 0.522. The molecule has 34 heavy (non-hydrogen) atoms. The van der Waals surface area contributed by atoms with Crippen LogP contribution in [0.1, 0.15) is 49.9 Å². The van der Waals surface area contributed by atoms with Crippen molar-refractivity contribution in [1.82, 2.24) is 0 Å². The third kappa shape index (κ3) is 13.2. The predicted octanol–water partition coefficient (Wildman–Crippen LogP) is 8.09. The van der Waals surface area contributed by atoms with Crippen molar-refractivity contribution in [2.75, 3.05) is 26.4 Å². The zero-order chi connectivity index (χ0) is 25.3. The van der Waals surface area contributed by atoms with E-state index in [-0.39, 0.29) is 0 Å². The van der Waals surface area contributed by atoms with Gasteiger partial charge in [-0.05, 0) is 93.2 Å². The van der Waals surface area contributed by atoms with Gasteiger partial charge in [-0.25, -0.2) is 0 Å². The number of thiocarbonyl (C=S) groups is 3. The van der Waals surface area contributed by atoms with Gasteiger partial charge in [0.2, 0.25) is 13.1 Å². The molecule has 4 nitrogen and oxygen atoms in total. The first-order valence-electron chi connectivity index (χ1n) is 10.8. The van der Waals surface area contributed by atoms with Gasteiger partial charge >= 0.3 is 0 Å². The molecule has 0 aliphatic rings. The number of thioether (sulfide) groups is 4. The Labute approximate surface area is 237 Å². The second-order valence-corrected chi connectivity index (χ2v) is 12.2. The first kappa shape index (κ1) is 31.9. The normalized spacial score (nSPS) is 10.5. The lowest BCUT2D eigenvalue weighted by Crippen LogP contribution is -2.04. The summed E-state index contributed by atoms with van der Waals surface area (Å²) in [7, 11) is 0. The summed E-state index contributed by atoms with van der Waals surface area (Å²) >= 11 is 22.2. The molecule has 0 radical (unpaired) electrons. The molecular formula is C23H32O4S7. The summed E-state index contributed by atoms with van der Waals surface area (Å²) in [6.45, 7) is 14.1. The van der Waals surface area contributed by atoms with E-state index in [9.17, 15) is 0 Å². The lowest BCUT2D eigenvalue weighted by molar-refractivity contribution is 0.259. The molecule has 0 atom stereocenters. The highest BCUT2D eigenvalue weighted by molar-refractivity contribution is 8.22. The van der Waals surface area contributed by atoms with Gasteiger partial charge in [-0.3, -0.25) is 0 Å². The Morgan fingerprint density at radius 2 is 0.882 bits per heavy atom. The van der Waals surface area contributed by atoms with E-state index in [4.69, 9.17) is 55.6 Å². The maximum absolute atomic E-state index is 5.53. The quantitative estimate of drug-likeness (QED) is 0.154. The van der Waals surface area contributed by atoms with Crippen LogP contribution in [0.15, 0.2) is 23.8 Å². The van der Waals surface area contributed by atoms with Gasteiger partial charge in [0.15, 0.2) is 0 Å². The van der Waals surface area contributed by atoms with Crippen LogP contribution in [-0.2, 0) is 42.0 Å². The fourth-order valence-corrected chi connectivity index (χ4v) is 6.48. The average Bonchev–Trinajstić information content (AvgIpc) is 2.80. The van der Waals surface area contributed by atoms with Gasteiger partial charge in [-0.2, -0.15) is 0 Å². The summed E-state index contributed by atoms with van der Waals surface area (Å²) in [6.07, 6.45) is 0. The Hall–Kier alpha value is -0.170. The second kappa shape index (κ2) is 19.0. The Morgan fingerprint density at radius 1 is 0.588 bits per heavy atom. The standard InChI is InChI=1S/C23H32O4S7/c1-6-24-16(5)31-12-17-10-19(14-33-22(29)26-8-3)20(15-34-23(30)27-9-4)11-18(17)13-32-21(28)25-7-2/h10-11H,5-9,12-15H2,1-4H3. The molecule has 0 N–H and O–H groups in total. The molecule has 11 heteroatoms. The molecule has 0 aromatic heterocycles. The molecule has 0 spiro atoms. The van der Waals surface area contributed by atoms with Gasteiger partial charge < -0.3 is 18.9 Å². The molecule has 1 rings (SSSR count). The molecule has 190 valence electrons. The summed E-state index contributed by atoms with van der Waals surface area (Å²) in [5.41, 5.74) is 4.78. The largest absolute Gasteiger partial charge is 0.488 e. The van der Waals surface area contributed by atoms with Gasteiger partial charge in [0, 0.05) is 23.0 Å². The molecule has 0 saturated carbocycles. The van der Waals surface area contributed by atoms with E-state index in [1.54, 1.807) is 11.8 Å². The van der Waals surface area contributed by atoms with Gasteiger partial charge in [-0.1, -0.05) is 59.2 Å². The van der Waals surface area contributed by atoms with Crippen LogP contribution in [0.5, 0.6) is 0 Å². The third-order valence-corrected chi connectivity index (χ3v) is 8.78. The van der Waals surface area contributed by atoms with Crippen LogP contribution in [0.2, 0.25) is 0 Å². The van der Waals surface area contributed by atoms with E-state index in [1.165, 1.54) is 57.5 Å². The van der Waals surface area contributed by atoms with Crippen LogP contribution in [0.25, 0.3) is 0 Å². The molecule has 0 saturated heterocycles. The average molecular weight is 597 g/mol. The van der Waals surface area contributed by atoms with Crippen molar-refractivity contribution >= 4 is 96.8 Å². The number of hydrogen-bond donors (Lipinski definition) is 0. The second-order valence-electron chi connectivity index (χ2n) is 6.40. The number of hydrogen-bond acceptors (Lipinski definition) is 11. The predicted molar refractivity (Wildman–Crippen MR) is 165 cm³/mol. The van der Waals surface area contributed by atoms with Crippen molar-refractivity contribution in [3.05, 3.63) is 46.1 Å². The van der Waals surface area contributed by atoms with E-state index in [2.05, 4.69) is 18.7 Å². The number of rotatable bonds is 14. The SMILES string of the molecule is C=C(OCC)SCc1cc(CSC(=S)OCC)c(CSC(=S)OCC)cc1CSC(=S)OCC. The van der Waals surface area contributed by atoms with Crippen LogP contribution in [0.3, 0.4) is 0 Å². The van der Waals surface area contributed by atoms with Crippen molar-refractivity contribution in [3.8, 4) is 0 Å². The molecular weight excluding hydrogens is 565 g/mol. The van der Waals surface area contributed by atoms with Gasteiger partial charge in [0.25, 0.3) is 0 Å². The summed E-state index contributed by atoms with van der Waals surface area (Å²) in [6, 6.07) is 4.48. The summed E-state index contributed by atoms with van der Waals surface area (Å²) < 4.78 is 23.6. The highest BCUT2D eigenvalue weighted by Crippen LogP contribution is 2.32. The first-order chi connectivity index (χ1) is 16.3. The van der Waals surface area contributed by atoms with E-state index in [1.807, 2.05) is 27.7 Å². The van der Waals surface area contributed by atoms with Crippen molar-refractivity contribution in [3.63, 3.8) is 0 Å². The van der Waals surface area contributed by atoms with E-state index in [0.29, 0.717) is 61.9 Å². The highest BCUT2D eigenvalue weighted by atomic mass is 32.2. The maximum atomic E-state index is 5.53. The first-order valence-corrected chi connectivity index (χ1v) is 16.0. The minimum absolute atomic E-state index is 0.548. The van der Waals surface area contributed by atoms with Crippen molar-refractivity contribution in [2.24, 2.45) is 0 Å². The lowest BCUT2D eigenvalue weighted by Gasteiger charge is -2.17. The van der Waals surface area contributed by atoms with E-state index >= 15 is 0 Å². The molecule has 0 unspecified atom stereocenters. The minimum atomic E-state index is 0.548. The van der Waals surface area contributed by atoms with Crippen LogP contribution >= 0.6 is 83.7 Å². The smallest absolute Gasteiger partial charge is 0.220 e. The highest BCUT2D eigenvalue weighted by Gasteiger charge is 2.15. The Bertz CT molecular complexity index is 700. The van der Waals surface area contributed by atoms with Crippen LogP contribution < -0.4 is 0 Å². The molecule has 0 amide bonds. The molecule has 0 aliphatic heterocycles. The van der Waals surface area contributed by atoms with E-state index < -0.39 is 0 Å². The molecule has 1 aromatic rings. The minimum Gasteiger partial charge on any atom is -0.488 e. The van der Waals surface area contributed by atoms with E-state index in [0.717, 1.165) is 5.75 Å². The summed E-state index contributed by atoms with van der Waals surface area (Å²) in [4.78, 5) is 0. The maximum Gasteiger partial charge on any atom is 0.220 e. The number of benzene rings is 1. The van der Waals surface area contributed by atoms with Gasteiger partial charge in [0.05, 0.1) is 26.4 Å². The topological polar surface area (TPSA) is 36.9 Å². The zero-order valence-electron chi connectivity index (χ0n) is 20.0. The fourth-order valence-electron chi connectivity index (χ4n) is 2.58. The third-order valence-electron chi connectivity index (χ3n) is 4.04. The summed E-state index contributed by atoms with van der Waals surface area (Å²) in [5.74, 6) is 2.89. The molecule has 0 fully saturated rings. The van der Waals surface area contributed by atoms with Crippen molar-refractivity contribution < 1.29 is 18.9 Å². The van der Waals surface area contributed by atoms with Crippen LogP contribution in [0.4, 0.5) is 0 Å². The van der Waals surface area contributed by atoms with Crippen LogP contribution in [-0.4, -0.2) is 39.6 Å². The van der Waals surface area contributed by atoms with Gasteiger partial charge in [0.1, 0.15) is 5.09 Å². The number of ether oxygens (including phenoxy) is 4. The van der Waals surface area contributed by atoms with Crippen molar-refractivity contribution in [1.29, 1.82) is 0 Å². The van der Waals surface area contributed by atoms with Crippen molar-refractivity contribution in [2.45, 2.75) is 50.7 Å². The Kier molecular flexibility index (Phi) is 17.8. The summed E-state index contributed by atoms with van der Waals surface area (Å²) in [5, 5.41) is 0.709. The molecule has 0 bridgehead atoms. The Balaban J connectivity index is 3.22. The monoisotopic (exact) mass is 596 g/mol. The molecule has 0 heterocycles. The molecule has 1 aromatic carbocycles. The zero-order valence-corrected chi connectivity index (χ0v) is 25.7.